The van der Waals surface area contributed by atoms with E-state index in [2.05, 4.69) is 22.0 Å². The fraction of sp³-hybridized carbons (Fsp3) is 0.667. The van der Waals surface area contributed by atoms with Gasteiger partial charge in [-0.25, -0.2) is 0 Å². The lowest BCUT2D eigenvalue weighted by molar-refractivity contribution is 0.0951. The molecule has 1 aromatic carbocycles. The third-order valence-corrected chi connectivity index (χ3v) is 5.60. The van der Waals surface area contributed by atoms with E-state index in [1.165, 1.54) is 31.5 Å². The van der Waals surface area contributed by atoms with Crippen molar-refractivity contribution < 1.29 is 9.53 Å². The standard InChI is InChI=1S/C21H33N3O2/c1-18-6-2-4-12-23(18)13-5-3-11-22-21(25)19-7-9-20(10-8-19)24-14-16-26-17-15-24/h7-10,18H,2-6,11-17H2,1H3,(H,22,25). The predicted molar refractivity (Wildman–Crippen MR) is 106 cm³/mol. The van der Waals surface area contributed by atoms with Crippen molar-refractivity contribution in [3.05, 3.63) is 29.8 Å². The molecule has 0 bridgehead atoms. The number of ether oxygens (including phenoxy) is 1. The van der Waals surface area contributed by atoms with Crippen LogP contribution >= 0.6 is 0 Å². The Morgan fingerprint density at radius 3 is 2.62 bits per heavy atom. The zero-order chi connectivity index (χ0) is 18.2. The molecule has 1 amide bonds. The topological polar surface area (TPSA) is 44.8 Å². The summed E-state index contributed by atoms with van der Waals surface area (Å²) in [6.07, 6.45) is 6.23. The molecule has 2 saturated heterocycles. The number of hydrogen-bond acceptors (Lipinski definition) is 4. The van der Waals surface area contributed by atoms with Crippen molar-refractivity contribution in [2.75, 3.05) is 50.8 Å². The van der Waals surface area contributed by atoms with Crippen molar-refractivity contribution in [2.45, 2.75) is 45.1 Å². The fourth-order valence-electron chi connectivity index (χ4n) is 3.88. The van der Waals surface area contributed by atoms with E-state index in [-0.39, 0.29) is 5.91 Å². The van der Waals surface area contributed by atoms with E-state index in [1.54, 1.807) is 0 Å². The zero-order valence-electron chi connectivity index (χ0n) is 16.1. The van der Waals surface area contributed by atoms with Crippen LogP contribution < -0.4 is 10.2 Å². The van der Waals surface area contributed by atoms with Crippen molar-refractivity contribution in [2.24, 2.45) is 0 Å². The lowest BCUT2D eigenvalue weighted by Crippen LogP contribution is -2.38. The average molecular weight is 360 g/mol. The van der Waals surface area contributed by atoms with Gasteiger partial charge in [-0.2, -0.15) is 0 Å². The highest BCUT2D eigenvalue weighted by molar-refractivity contribution is 5.94. The van der Waals surface area contributed by atoms with Crippen LogP contribution in [0.25, 0.3) is 0 Å². The largest absolute Gasteiger partial charge is 0.378 e. The molecule has 2 heterocycles. The smallest absolute Gasteiger partial charge is 0.251 e. The molecule has 1 N–H and O–H groups in total. The molecule has 0 radical (unpaired) electrons. The van der Waals surface area contributed by atoms with Gasteiger partial charge < -0.3 is 19.9 Å². The molecule has 144 valence electrons. The Morgan fingerprint density at radius 2 is 1.88 bits per heavy atom. The van der Waals surface area contributed by atoms with Crippen LogP contribution in [0.3, 0.4) is 0 Å². The first-order valence-corrected chi connectivity index (χ1v) is 10.2. The Hall–Kier alpha value is -1.59. The zero-order valence-corrected chi connectivity index (χ0v) is 16.1. The van der Waals surface area contributed by atoms with Crippen molar-refractivity contribution in [1.82, 2.24) is 10.2 Å². The van der Waals surface area contributed by atoms with Gasteiger partial charge in [-0.1, -0.05) is 6.42 Å². The van der Waals surface area contributed by atoms with Crippen LogP contribution in [0, 0.1) is 0 Å². The van der Waals surface area contributed by atoms with Crippen LogP contribution in [0.2, 0.25) is 0 Å². The minimum atomic E-state index is 0.0323. The molecule has 1 unspecified atom stereocenters. The molecule has 5 heteroatoms. The van der Waals surface area contributed by atoms with E-state index in [0.29, 0.717) is 0 Å². The highest BCUT2D eigenvalue weighted by atomic mass is 16.5. The number of nitrogens with one attached hydrogen (secondary N) is 1. The second-order valence-electron chi connectivity index (χ2n) is 7.49. The summed E-state index contributed by atoms with van der Waals surface area (Å²) in [4.78, 5) is 17.2. The molecule has 0 spiro atoms. The number of benzene rings is 1. The van der Waals surface area contributed by atoms with Crippen LogP contribution in [0.4, 0.5) is 5.69 Å². The molecule has 2 aliphatic heterocycles. The molecule has 0 aliphatic carbocycles. The fourth-order valence-corrected chi connectivity index (χ4v) is 3.88. The van der Waals surface area contributed by atoms with E-state index in [0.717, 1.165) is 63.8 Å². The van der Waals surface area contributed by atoms with Crippen LogP contribution in [0.1, 0.15) is 49.4 Å². The molecular formula is C21H33N3O2. The maximum absolute atomic E-state index is 12.3. The second-order valence-corrected chi connectivity index (χ2v) is 7.49. The Balaban J connectivity index is 1.35. The molecule has 26 heavy (non-hydrogen) atoms. The lowest BCUT2D eigenvalue weighted by atomic mass is 10.0. The van der Waals surface area contributed by atoms with Crippen LogP contribution in [0.15, 0.2) is 24.3 Å². The summed E-state index contributed by atoms with van der Waals surface area (Å²) in [5.41, 5.74) is 1.91. The summed E-state index contributed by atoms with van der Waals surface area (Å²) >= 11 is 0. The van der Waals surface area contributed by atoms with Gasteiger partial charge in [0.15, 0.2) is 0 Å². The number of carbonyl (C=O) groups excluding carboxylic acids is 1. The maximum atomic E-state index is 12.3. The predicted octanol–water partition coefficient (Wildman–Crippen LogP) is 2.91. The highest BCUT2D eigenvalue weighted by Gasteiger charge is 2.17. The second kappa shape index (κ2) is 9.93. The van der Waals surface area contributed by atoms with Gasteiger partial charge in [-0.3, -0.25) is 4.79 Å². The third kappa shape index (κ3) is 5.45. The van der Waals surface area contributed by atoms with E-state index in [4.69, 9.17) is 4.74 Å². The number of hydrogen-bond donors (Lipinski definition) is 1. The molecule has 2 fully saturated rings. The molecule has 5 nitrogen and oxygen atoms in total. The van der Waals surface area contributed by atoms with Gasteiger partial charge in [-0.05, 0) is 70.0 Å². The van der Waals surface area contributed by atoms with Crippen LogP contribution in [-0.4, -0.2) is 62.8 Å². The number of nitrogens with zero attached hydrogens (tertiary/aromatic N) is 2. The number of morpholine rings is 1. The Bertz CT molecular complexity index is 555. The maximum Gasteiger partial charge on any atom is 0.251 e. The number of likely N-dealkylation sites (tertiary alicyclic amines) is 1. The number of amides is 1. The van der Waals surface area contributed by atoms with E-state index >= 15 is 0 Å². The summed E-state index contributed by atoms with van der Waals surface area (Å²) in [5, 5.41) is 3.06. The lowest BCUT2D eigenvalue weighted by Gasteiger charge is -2.33. The van der Waals surface area contributed by atoms with Gasteiger partial charge in [0.25, 0.3) is 5.91 Å². The van der Waals surface area contributed by atoms with Crippen molar-refractivity contribution >= 4 is 11.6 Å². The number of unbranched alkanes of at least 4 members (excludes halogenated alkanes) is 1. The SMILES string of the molecule is CC1CCCCN1CCCCNC(=O)c1ccc(N2CCOCC2)cc1. The van der Waals surface area contributed by atoms with Crippen molar-refractivity contribution in [3.63, 3.8) is 0 Å². The quantitative estimate of drug-likeness (QED) is 0.761. The molecule has 2 aliphatic rings. The van der Waals surface area contributed by atoms with Gasteiger partial charge in [0.05, 0.1) is 13.2 Å². The normalized spacial score (nSPS) is 21.6. The summed E-state index contributed by atoms with van der Waals surface area (Å²) < 4.78 is 5.38. The minimum absolute atomic E-state index is 0.0323. The summed E-state index contributed by atoms with van der Waals surface area (Å²) in [7, 11) is 0. The molecule has 1 atom stereocenters. The van der Waals surface area contributed by atoms with Crippen LogP contribution in [-0.2, 0) is 4.74 Å². The first-order valence-electron chi connectivity index (χ1n) is 10.2. The third-order valence-electron chi connectivity index (χ3n) is 5.60. The number of carbonyl (C=O) groups is 1. The summed E-state index contributed by atoms with van der Waals surface area (Å²) in [5.74, 6) is 0.0323. The minimum Gasteiger partial charge on any atom is -0.378 e. The van der Waals surface area contributed by atoms with Crippen molar-refractivity contribution in [1.29, 1.82) is 0 Å². The number of rotatable bonds is 7. The van der Waals surface area contributed by atoms with Gasteiger partial charge in [0.2, 0.25) is 0 Å². The van der Waals surface area contributed by atoms with Gasteiger partial charge in [-0.15, -0.1) is 0 Å². The first-order chi connectivity index (χ1) is 12.7. The summed E-state index contributed by atoms with van der Waals surface area (Å²) in [6.45, 7) is 8.88. The molecular weight excluding hydrogens is 326 g/mol. The Kier molecular flexibility index (Phi) is 7.32. The van der Waals surface area contributed by atoms with Gasteiger partial charge in [0.1, 0.15) is 0 Å². The Labute approximate surface area is 157 Å². The average Bonchev–Trinajstić information content (AvgIpc) is 2.70. The number of anilines is 1. The molecule has 1 aromatic rings. The van der Waals surface area contributed by atoms with Crippen LogP contribution in [0.5, 0.6) is 0 Å². The Morgan fingerprint density at radius 1 is 1.12 bits per heavy atom. The highest BCUT2D eigenvalue weighted by Crippen LogP contribution is 2.17. The van der Waals surface area contributed by atoms with Gasteiger partial charge in [0, 0.05) is 36.9 Å². The van der Waals surface area contributed by atoms with E-state index in [1.807, 2.05) is 24.3 Å². The van der Waals surface area contributed by atoms with Crippen molar-refractivity contribution in [3.8, 4) is 0 Å². The molecule has 3 rings (SSSR count). The van der Waals surface area contributed by atoms with E-state index < -0.39 is 0 Å². The number of piperidine rings is 1. The molecule has 0 saturated carbocycles. The van der Waals surface area contributed by atoms with E-state index in [9.17, 15) is 4.79 Å². The molecule has 0 aromatic heterocycles. The first kappa shape index (κ1) is 19.2. The van der Waals surface area contributed by atoms with Gasteiger partial charge >= 0.3 is 0 Å². The monoisotopic (exact) mass is 359 g/mol. The summed E-state index contributed by atoms with van der Waals surface area (Å²) in [6, 6.07) is 8.66.